The molecule has 4 rings (SSSR count). The van der Waals surface area contributed by atoms with Crippen molar-refractivity contribution in [2.45, 2.75) is 54.8 Å². The van der Waals surface area contributed by atoms with Crippen LogP contribution < -0.4 is 5.32 Å². The van der Waals surface area contributed by atoms with Gasteiger partial charge in [0.15, 0.2) is 0 Å². The normalized spacial score (nSPS) is 20.1. The number of ether oxygens (including phenoxy) is 1. The number of nitrogens with zero attached hydrogens (tertiary/aromatic N) is 5. The van der Waals surface area contributed by atoms with Crippen molar-refractivity contribution in [3.63, 3.8) is 0 Å². The number of sulfonamides is 1. The highest BCUT2D eigenvalue weighted by Crippen LogP contribution is 2.23. The van der Waals surface area contributed by atoms with Crippen LogP contribution in [-0.4, -0.2) is 70.4 Å². The molecular weight excluding hydrogens is 440 g/mol. The van der Waals surface area contributed by atoms with E-state index in [9.17, 15) is 13.2 Å². The molecule has 0 spiro atoms. The number of nitrogens with one attached hydrogen (secondary N) is 1. The van der Waals surface area contributed by atoms with E-state index in [4.69, 9.17) is 4.74 Å². The topological polar surface area (TPSA) is 119 Å². The van der Waals surface area contributed by atoms with Crippen LogP contribution >= 0.6 is 11.8 Å². The lowest BCUT2D eigenvalue weighted by molar-refractivity contribution is -0.113. The molecule has 1 amide bonds. The summed E-state index contributed by atoms with van der Waals surface area (Å²) in [6, 6.07) is 6.30. The van der Waals surface area contributed by atoms with E-state index < -0.39 is 10.0 Å². The summed E-state index contributed by atoms with van der Waals surface area (Å²) in [7, 11) is -3.48. The fourth-order valence-corrected chi connectivity index (χ4v) is 5.89. The zero-order valence-corrected chi connectivity index (χ0v) is 18.8. The lowest BCUT2D eigenvalue weighted by Crippen LogP contribution is -2.35. The quantitative estimate of drug-likeness (QED) is 0.585. The molecule has 1 atom stereocenters. The van der Waals surface area contributed by atoms with Gasteiger partial charge in [-0.3, -0.25) is 4.79 Å². The van der Waals surface area contributed by atoms with Crippen LogP contribution in [0.4, 0.5) is 5.69 Å². The third kappa shape index (κ3) is 5.62. The second-order valence-corrected chi connectivity index (χ2v) is 10.5. The van der Waals surface area contributed by atoms with Gasteiger partial charge in [-0.25, -0.2) is 13.1 Å². The average Bonchev–Trinajstić information content (AvgIpc) is 3.46. The van der Waals surface area contributed by atoms with Gasteiger partial charge in [0.05, 0.1) is 23.3 Å². The third-order valence-electron chi connectivity index (χ3n) is 5.32. The average molecular weight is 467 g/mol. The molecule has 168 valence electrons. The zero-order chi connectivity index (χ0) is 21.7. The van der Waals surface area contributed by atoms with E-state index in [1.54, 1.807) is 16.8 Å². The van der Waals surface area contributed by atoms with Crippen LogP contribution in [0.5, 0.6) is 0 Å². The summed E-state index contributed by atoms with van der Waals surface area (Å²) >= 11 is 1.25. The maximum atomic E-state index is 12.7. The molecule has 0 unspecified atom stereocenters. The smallest absolute Gasteiger partial charge is 0.243 e. The number of hydrogen-bond acceptors (Lipinski definition) is 8. The number of piperidine rings is 1. The first-order valence-corrected chi connectivity index (χ1v) is 12.9. The number of amides is 1. The number of hydrogen-bond donors (Lipinski definition) is 1. The Balaban J connectivity index is 1.30. The second kappa shape index (κ2) is 10.1. The van der Waals surface area contributed by atoms with E-state index in [-0.39, 0.29) is 22.7 Å². The summed E-state index contributed by atoms with van der Waals surface area (Å²) in [4.78, 5) is 12.6. The number of carbonyl (C=O) groups excluding carboxylic acids is 1. The van der Waals surface area contributed by atoms with Crippen molar-refractivity contribution in [2.24, 2.45) is 0 Å². The van der Waals surface area contributed by atoms with Crippen LogP contribution in [0.1, 0.15) is 32.1 Å². The van der Waals surface area contributed by atoms with Crippen LogP contribution in [0.15, 0.2) is 34.3 Å². The lowest BCUT2D eigenvalue weighted by Gasteiger charge is -2.25. The van der Waals surface area contributed by atoms with Crippen LogP contribution in [-0.2, 0) is 26.1 Å². The predicted molar refractivity (Wildman–Crippen MR) is 115 cm³/mol. The lowest BCUT2D eigenvalue weighted by atomic mass is 10.2. The van der Waals surface area contributed by atoms with E-state index in [0.29, 0.717) is 30.5 Å². The third-order valence-corrected chi connectivity index (χ3v) is 8.19. The molecule has 2 aliphatic rings. The molecule has 2 fully saturated rings. The number of anilines is 1. The van der Waals surface area contributed by atoms with Gasteiger partial charge in [0.2, 0.25) is 21.1 Å². The van der Waals surface area contributed by atoms with E-state index in [2.05, 4.69) is 20.8 Å². The van der Waals surface area contributed by atoms with Gasteiger partial charge in [0.25, 0.3) is 0 Å². The fraction of sp³-hybridized carbons (Fsp3) is 0.579. The summed E-state index contributed by atoms with van der Waals surface area (Å²) in [6.07, 6.45) is 4.97. The fourth-order valence-electron chi connectivity index (χ4n) is 3.69. The van der Waals surface area contributed by atoms with Crippen molar-refractivity contribution in [3.8, 4) is 0 Å². The number of rotatable bonds is 8. The summed E-state index contributed by atoms with van der Waals surface area (Å²) in [5.74, 6) is -0.0805. The maximum Gasteiger partial charge on any atom is 0.243 e. The number of tetrazole rings is 1. The van der Waals surface area contributed by atoms with Gasteiger partial charge in [-0.1, -0.05) is 18.2 Å². The minimum Gasteiger partial charge on any atom is -0.376 e. The summed E-state index contributed by atoms with van der Waals surface area (Å²) in [5, 5.41) is 15.0. The van der Waals surface area contributed by atoms with Gasteiger partial charge in [0.1, 0.15) is 0 Å². The van der Waals surface area contributed by atoms with Gasteiger partial charge in [0, 0.05) is 25.4 Å². The molecule has 1 aromatic heterocycles. The predicted octanol–water partition coefficient (Wildman–Crippen LogP) is 1.76. The first-order valence-electron chi connectivity index (χ1n) is 10.4. The van der Waals surface area contributed by atoms with Crippen molar-refractivity contribution in [1.82, 2.24) is 24.5 Å². The molecule has 0 bridgehead atoms. The van der Waals surface area contributed by atoms with Gasteiger partial charge < -0.3 is 10.1 Å². The van der Waals surface area contributed by atoms with E-state index in [1.807, 2.05) is 0 Å². The molecule has 12 heteroatoms. The first kappa shape index (κ1) is 22.2. The molecule has 0 radical (unpaired) electrons. The Bertz CT molecular complexity index is 983. The van der Waals surface area contributed by atoms with Crippen molar-refractivity contribution >= 4 is 33.4 Å². The molecule has 2 saturated heterocycles. The molecule has 2 aliphatic heterocycles. The summed E-state index contributed by atoms with van der Waals surface area (Å²) in [6.45, 7) is 2.45. The first-order chi connectivity index (χ1) is 15.0. The standard InChI is InChI=1S/C19H26N6O4S2/c26-18(14-30-19-21-22-23-25(19)13-16-5-4-12-29-16)20-15-6-8-17(9-7-15)31(27,28)24-10-2-1-3-11-24/h6-9,16H,1-5,10-14H2,(H,20,26)/t16-/m0/s1. The van der Waals surface area contributed by atoms with Crippen LogP contribution in [0, 0.1) is 0 Å². The van der Waals surface area contributed by atoms with Gasteiger partial charge in [-0.2, -0.15) is 4.31 Å². The highest BCUT2D eigenvalue weighted by atomic mass is 32.2. The van der Waals surface area contributed by atoms with Gasteiger partial charge in [-0.15, -0.1) is 5.10 Å². The van der Waals surface area contributed by atoms with E-state index in [1.165, 1.54) is 28.2 Å². The molecule has 2 aromatic rings. The second-order valence-electron chi connectivity index (χ2n) is 7.60. The van der Waals surface area contributed by atoms with E-state index in [0.717, 1.165) is 38.7 Å². The highest BCUT2D eigenvalue weighted by molar-refractivity contribution is 7.99. The maximum absolute atomic E-state index is 12.7. The number of thioether (sulfide) groups is 1. The Labute approximate surface area is 185 Å². The Hall–Kier alpha value is -2.02. The molecular formula is C19H26N6O4S2. The summed E-state index contributed by atoms with van der Waals surface area (Å²) in [5.41, 5.74) is 0.544. The SMILES string of the molecule is O=C(CSc1nnnn1C[C@@H]1CCCO1)Nc1ccc(S(=O)(=O)N2CCCCC2)cc1. The molecule has 1 N–H and O–H groups in total. The van der Waals surface area contributed by atoms with Crippen LogP contribution in [0.2, 0.25) is 0 Å². The number of carbonyl (C=O) groups is 1. The highest BCUT2D eigenvalue weighted by Gasteiger charge is 2.25. The number of aromatic nitrogens is 4. The van der Waals surface area contributed by atoms with Crippen molar-refractivity contribution in [3.05, 3.63) is 24.3 Å². The molecule has 3 heterocycles. The summed E-state index contributed by atoms with van der Waals surface area (Å²) < 4.78 is 34.2. The molecule has 0 saturated carbocycles. The zero-order valence-electron chi connectivity index (χ0n) is 17.1. The molecule has 0 aliphatic carbocycles. The van der Waals surface area contributed by atoms with Gasteiger partial charge in [-0.05, 0) is 60.4 Å². The van der Waals surface area contributed by atoms with Crippen molar-refractivity contribution in [1.29, 1.82) is 0 Å². The van der Waals surface area contributed by atoms with Crippen LogP contribution in [0.3, 0.4) is 0 Å². The Morgan fingerprint density at radius 3 is 2.65 bits per heavy atom. The minimum absolute atomic E-state index is 0.108. The van der Waals surface area contributed by atoms with Crippen LogP contribution in [0.25, 0.3) is 0 Å². The minimum atomic E-state index is -3.48. The molecule has 10 nitrogen and oxygen atoms in total. The van der Waals surface area contributed by atoms with Crippen molar-refractivity contribution in [2.75, 3.05) is 30.8 Å². The van der Waals surface area contributed by atoms with Gasteiger partial charge >= 0.3 is 0 Å². The molecule has 1 aromatic carbocycles. The monoisotopic (exact) mass is 466 g/mol. The number of benzene rings is 1. The Morgan fingerprint density at radius 1 is 1.16 bits per heavy atom. The van der Waals surface area contributed by atoms with E-state index >= 15 is 0 Å². The largest absolute Gasteiger partial charge is 0.376 e. The molecule has 31 heavy (non-hydrogen) atoms. The Kier molecular flexibility index (Phi) is 7.20. The van der Waals surface area contributed by atoms with Crippen molar-refractivity contribution < 1.29 is 17.9 Å². The Morgan fingerprint density at radius 2 is 1.94 bits per heavy atom.